The van der Waals surface area contributed by atoms with Crippen LogP contribution in [0.5, 0.6) is 0 Å². The Kier molecular flexibility index (Phi) is 8.69. The molecule has 1 aliphatic heterocycles. The highest BCUT2D eigenvalue weighted by Gasteiger charge is 2.21. The molecule has 1 aliphatic rings. The minimum absolute atomic E-state index is 0.0274. The van der Waals surface area contributed by atoms with Gasteiger partial charge in [0.15, 0.2) is 0 Å². The second-order valence-electron chi connectivity index (χ2n) is 8.67. The number of halogens is 1. The number of aryl methyl sites for hydroxylation is 1. The minimum atomic E-state index is -1.34. The summed E-state index contributed by atoms with van der Waals surface area (Å²) in [7, 11) is -1.34. The summed E-state index contributed by atoms with van der Waals surface area (Å²) in [6.07, 6.45) is 2.20. The first-order valence-electron chi connectivity index (χ1n) is 10.9. The number of hydrogen-bond acceptors (Lipinski definition) is 5. The maximum Gasteiger partial charge on any atom is 0.232 e. The van der Waals surface area contributed by atoms with Crippen LogP contribution in [0.4, 0.5) is 0 Å². The molecule has 1 aromatic heterocycles. The van der Waals surface area contributed by atoms with E-state index in [1.807, 2.05) is 12.1 Å². The number of carbonyl (C=O) groups excluding carboxylic acids is 1. The standard InChI is InChI=1S/C23H32ClN3O3S/c1-16-11-17(2)13-27(12-16)10-4-9-25-22(28)15-31(29)14-21-18(3)30-23(26-21)19-5-7-20(24)8-6-19/h5-8,16-17H,4,9-15H2,1-3H3,(H,25,28). The van der Waals surface area contributed by atoms with Gasteiger partial charge in [-0.1, -0.05) is 25.4 Å². The number of hydrogen-bond donors (Lipinski definition) is 1. The molecule has 1 aromatic carbocycles. The molecule has 1 fully saturated rings. The average Bonchev–Trinajstić information content (AvgIpc) is 3.05. The number of piperidine rings is 1. The van der Waals surface area contributed by atoms with Crippen molar-refractivity contribution in [3.8, 4) is 11.5 Å². The van der Waals surface area contributed by atoms with E-state index in [1.54, 1.807) is 19.1 Å². The highest BCUT2D eigenvalue weighted by molar-refractivity contribution is 7.84. The highest BCUT2D eigenvalue weighted by atomic mass is 35.5. The number of carbonyl (C=O) groups is 1. The summed E-state index contributed by atoms with van der Waals surface area (Å²) in [5.41, 5.74) is 1.42. The molecule has 0 spiro atoms. The molecular weight excluding hydrogens is 434 g/mol. The Morgan fingerprint density at radius 3 is 2.61 bits per heavy atom. The van der Waals surface area contributed by atoms with Crippen molar-refractivity contribution in [1.29, 1.82) is 0 Å². The molecule has 3 atom stereocenters. The van der Waals surface area contributed by atoms with E-state index in [2.05, 4.69) is 29.0 Å². The molecule has 1 amide bonds. The van der Waals surface area contributed by atoms with Crippen LogP contribution in [0.1, 0.15) is 38.1 Å². The molecule has 2 heterocycles. The van der Waals surface area contributed by atoms with E-state index in [1.165, 1.54) is 6.42 Å². The van der Waals surface area contributed by atoms with Gasteiger partial charge < -0.3 is 14.6 Å². The Balaban J connectivity index is 1.40. The van der Waals surface area contributed by atoms with Gasteiger partial charge in [-0.05, 0) is 62.4 Å². The maximum absolute atomic E-state index is 12.5. The SMILES string of the molecule is Cc1oc(-c2ccc(Cl)cc2)nc1CS(=O)CC(=O)NCCCN1CC(C)CC(C)C1. The zero-order valence-electron chi connectivity index (χ0n) is 18.5. The summed E-state index contributed by atoms with van der Waals surface area (Å²) < 4.78 is 18.2. The minimum Gasteiger partial charge on any atom is -0.441 e. The zero-order valence-corrected chi connectivity index (χ0v) is 20.1. The van der Waals surface area contributed by atoms with Gasteiger partial charge in [0.2, 0.25) is 11.8 Å². The molecule has 2 aromatic rings. The van der Waals surface area contributed by atoms with Gasteiger partial charge in [0.25, 0.3) is 0 Å². The molecule has 0 radical (unpaired) electrons. The quantitative estimate of drug-likeness (QED) is 0.565. The molecule has 8 heteroatoms. The molecule has 3 rings (SSSR count). The van der Waals surface area contributed by atoms with Crippen molar-refractivity contribution in [2.24, 2.45) is 11.8 Å². The molecule has 1 N–H and O–H groups in total. The Labute approximate surface area is 192 Å². The third-order valence-corrected chi connectivity index (χ3v) is 6.92. The van der Waals surface area contributed by atoms with E-state index in [9.17, 15) is 9.00 Å². The first-order chi connectivity index (χ1) is 14.8. The van der Waals surface area contributed by atoms with Gasteiger partial charge in [0.05, 0.1) is 11.4 Å². The van der Waals surface area contributed by atoms with Crippen LogP contribution in [0.3, 0.4) is 0 Å². The van der Waals surface area contributed by atoms with Crippen LogP contribution < -0.4 is 5.32 Å². The van der Waals surface area contributed by atoms with Gasteiger partial charge in [-0.2, -0.15) is 0 Å². The molecule has 1 saturated heterocycles. The van der Waals surface area contributed by atoms with E-state index >= 15 is 0 Å². The number of amides is 1. The molecule has 0 aliphatic carbocycles. The van der Waals surface area contributed by atoms with E-state index in [-0.39, 0.29) is 17.4 Å². The van der Waals surface area contributed by atoms with Gasteiger partial charge in [0.1, 0.15) is 11.5 Å². The van der Waals surface area contributed by atoms with Crippen molar-refractivity contribution in [2.45, 2.75) is 39.4 Å². The van der Waals surface area contributed by atoms with Crippen LogP contribution in [0.15, 0.2) is 28.7 Å². The Morgan fingerprint density at radius 1 is 1.26 bits per heavy atom. The first-order valence-corrected chi connectivity index (χ1v) is 12.7. The summed E-state index contributed by atoms with van der Waals surface area (Å²) in [5.74, 6) is 2.54. The lowest BCUT2D eigenvalue weighted by Crippen LogP contribution is -2.40. The van der Waals surface area contributed by atoms with E-state index in [0.717, 1.165) is 43.5 Å². The summed E-state index contributed by atoms with van der Waals surface area (Å²) in [6.45, 7) is 10.3. The summed E-state index contributed by atoms with van der Waals surface area (Å²) >= 11 is 5.92. The maximum atomic E-state index is 12.5. The van der Waals surface area contributed by atoms with Crippen molar-refractivity contribution in [2.75, 3.05) is 31.9 Å². The molecule has 6 nitrogen and oxygen atoms in total. The average molecular weight is 466 g/mol. The lowest BCUT2D eigenvalue weighted by atomic mass is 9.92. The molecule has 0 bridgehead atoms. The Hall–Kier alpha value is -1.70. The van der Waals surface area contributed by atoms with Crippen molar-refractivity contribution in [3.05, 3.63) is 40.7 Å². The van der Waals surface area contributed by atoms with Crippen molar-refractivity contribution in [3.63, 3.8) is 0 Å². The van der Waals surface area contributed by atoms with Crippen LogP contribution in [-0.2, 0) is 21.3 Å². The van der Waals surface area contributed by atoms with Crippen LogP contribution in [0, 0.1) is 18.8 Å². The van der Waals surface area contributed by atoms with Crippen LogP contribution in [0.25, 0.3) is 11.5 Å². The van der Waals surface area contributed by atoms with Gasteiger partial charge in [0, 0.05) is 41.0 Å². The van der Waals surface area contributed by atoms with Crippen LogP contribution in [0.2, 0.25) is 5.02 Å². The second kappa shape index (κ2) is 11.2. The molecular formula is C23H32ClN3O3S. The number of aromatic nitrogens is 1. The fourth-order valence-corrected chi connectivity index (χ4v) is 5.38. The van der Waals surface area contributed by atoms with E-state index in [0.29, 0.717) is 28.9 Å². The largest absolute Gasteiger partial charge is 0.441 e. The fraction of sp³-hybridized carbons (Fsp3) is 0.565. The molecule has 3 unspecified atom stereocenters. The normalized spacial score (nSPS) is 20.5. The van der Waals surface area contributed by atoms with Crippen molar-refractivity contribution >= 4 is 28.3 Å². The predicted octanol–water partition coefficient (Wildman–Crippen LogP) is 4.04. The third-order valence-electron chi connectivity index (χ3n) is 5.49. The van der Waals surface area contributed by atoms with Gasteiger partial charge in [-0.15, -0.1) is 0 Å². The lowest BCUT2D eigenvalue weighted by Gasteiger charge is -2.34. The van der Waals surface area contributed by atoms with Gasteiger partial charge in [-0.3, -0.25) is 9.00 Å². The topological polar surface area (TPSA) is 75.4 Å². The number of likely N-dealkylation sites (tertiary alicyclic amines) is 1. The Bertz CT molecular complexity index is 890. The third kappa shape index (κ3) is 7.44. The summed E-state index contributed by atoms with van der Waals surface area (Å²) in [5, 5.41) is 3.54. The molecule has 31 heavy (non-hydrogen) atoms. The molecule has 170 valence electrons. The van der Waals surface area contributed by atoms with Crippen molar-refractivity contribution < 1.29 is 13.4 Å². The Morgan fingerprint density at radius 2 is 1.94 bits per heavy atom. The lowest BCUT2D eigenvalue weighted by molar-refractivity contribution is -0.118. The number of benzene rings is 1. The van der Waals surface area contributed by atoms with E-state index < -0.39 is 10.8 Å². The van der Waals surface area contributed by atoms with Crippen LogP contribution in [-0.4, -0.2) is 51.9 Å². The number of rotatable bonds is 9. The van der Waals surface area contributed by atoms with Gasteiger partial charge in [-0.25, -0.2) is 4.98 Å². The number of nitrogens with one attached hydrogen (secondary N) is 1. The summed E-state index contributed by atoms with van der Waals surface area (Å²) in [4.78, 5) is 19.1. The second-order valence-corrected chi connectivity index (χ2v) is 10.6. The van der Waals surface area contributed by atoms with Gasteiger partial charge >= 0.3 is 0 Å². The molecule has 0 saturated carbocycles. The monoisotopic (exact) mass is 465 g/mol. The zero-order chi connectivity index (χ0) is 22.4. The predicted molar refractivity (Wildman–Crippen MR) is 125 cm³/mol. The van der Waals surface area contributed by atoms with Crippen molar-refractivity contribution in [1.82, 2.24) is 15.2 Å². The smallest absolute Gasteiger partial charge is 0.232 e. The number of oxazole rings is 1. The fourth-order valence-electron chi connectivity index (χ4n) is 4.18. The van der Waals surface area contributed by atoms with E-state index in [4.69, 9.17) is 16.0 Å². The highest BCUT2D eigenvalue weighted by Crippen LogP contribution is 2.24. The number of nitrogens with zero attached hydrogens (tertiary/aromatic N) is 2. The summed E-state index contributed by atoms with van der Waals surface area (Å²) in [6, 6.07) is 7.19. The van der Waals surface area contributed by atoms with Crippen LogP contribution >= 0.6 is 11.6 Å². The first kappa shape index (κ1) is 24.0.